The van der Waals surface area contributed by atoms with Gasteiger partial charge in [-0.25, -0.2) is 5.06 Å². The molecule has 0 spiro atoms. The number of amides is 1. The molecule has 3 heteroatoms. The first kappa shape index (κ1) is 8.72. The minimum absolute atomic E-state index is 0.170. The van der Waals surface area contributed by atoms with E-state index in [9.17, 15) is 10.0 Å². The summed E-state index contributed by atoms with van der Waals surface area (Å²) in [4.78, 5) is 10.7. The van der Waals surface area contributed by atoms with Gasteiger partial charge < -0.3 is 0 Å². The molecule has 0 aromatic heterocycles. The van der Waals surface area contributed by atoms with Gasteiger partial charge in [-0.05, 0) is 56.3 Å². The van der Waals surface area contributed by atoms with Gasteiger partial charge in [-0.2, -0.15) is 0 Å². The molecule has 4 fully saturated rings. The van der Waals surface area contributed by atoms with Crippen LogP contribution < -0.4 is 0 Å². The van der Waals surface area contributed by atoms with Gasteiger partial charge in [0.05, 0.1) is 5.54 Å². The van der Waals surface area contributed by atoms with E-state index < -0.39 is 0 Å². The maximum Gasteiger partial charge on any atom is 0.233 e. The summed E-state index contributed by atoms with van der Waals surface area (Å²) >= 11 is 0. The highest BCUT2D eigenvalue weighted by Crippen LogP contribution is 2.57. The van der Waals surface area contributed by atoms with Crippen LogP contribution in [-0.2, 0) is 4.79 Å². The number of hydrogen-bond acceptors (Lipinski definition) is 2. The molecule has 0 unspecified atom stereocenters. The van der Waals surface area contributed by atoms with Gasteiger partial charge >= 0.3 is 0 Å². The molecule has 4 saturated carbocycles. The Balaban J connectivity index is 1.90. The predicted molar refractivity (Wildman–Crippen MR) is 50.6 cm³/mol. The minimum Gasteiger partial charge on any atom is -0.286 e. The fraction of sp³-hybridized carbons (Fsp3) is 0.909. The predicted octanol–water partition coefficient (Wildman–Crippen LogP) is 1.80. The molecule has 1 N–H and O–H groups in total. The molecule has 4 rings (SSSR count). The van der Waals surface area contributed by atoms with Crippen molar-refractivity contribution in [1.29, 1.82) is 0 Å². The summed E-state index contributed by atoms with van der Waals surface area (Å²) in [5.41, 5.74) is -0.170. The van der Waals surface area contributed by atoms with Crippen LogP contribution >= 0.6 is 0 Å². The van der Waals surface area contributed by atoms with Gasteiger partial charge in [-0.15, -0.1) is 0 Å². The fourth-order valence-electron chi connectivity index (χ4n) is 4.46. The van der Waals surface area contributed by atoms with Crippen molar-refractivity contribution in [2.75, 3.05) is 0 Å². The van der Waals surface area contributed by atoms with Crippen LogP contribution in [0.4, 0.5) is 0 Å². The Hall–Kier alpha value is -0.570. The van der Waals surface area contributed by atoms with Crippen LogP contribution in [0, 0.1) is 17.8 Å². The van der Waals surface area contributed by atoms with E-state index in [0.29, 0.717) is 6.41 Å². The molecule has 4 aliphatic carbocycles. The molecule has 4 aliphatic rings. The summed E-state index contributed by atoms with van der Waals surface area (Å²) in [6.45, 7) is 0. The Bertz CT molecular complexity index is 229. The smallest absolute Gasteiger partial charge is 0.233 e. The van der Waals surface area contributed by atoms with Crippen molar-refractivity contribution >= 4 is 6.41 Å². The highest BCUT2D eigenvalue weighted by atomic mass is 16.5. The average Bonchev–Trinajstić information content (AvgIpc) is 2.14. The van der Waals surface area contributed by atoms with E-state index >= 15 is 0 Å². The van der Waals surface area contributed by atoms with Crippen LogP contribution in [0.1, 0.15) is 38.5 Å². The van der Waals surface area contributed by atoms with Crippen molar-refractivity contribution in [3.05, 3.63) is 0 Å². The summed E-state index contributed by atoms with van der Waals surface area (Å²) in [5, 5.41) is 10.7. The molecule has 3 nitrogen and oxygen atoms in total. The van der Waals surface area contributed by atoms with Crippen LogP contribution in [0.15, 0.2) is 0 Å². The van der Waals surface area contributed by atoms with Crippen LogP contribution in [0.5, 0.6) is 0 Å². The number of rotatable bonds is 2. The number of carbonyl (C=O) groups excluding carboxylic acids is 1. The quantitative estimate of drug-likeness (QED) is 0.414. The Labute approximate surface area is 84.0 Å². The largest absolute Gasteiger partial charge is 0.286 e. The summed E-state index contributed by atoms with van der Waals surface area (Å²) in [6, 6.07) is 0. The third kappa shape index (κ3) is 1.05. The highest BCUT2D eigenvalue weighted by molar-refractivity contribution is 5.47. The lowest BCUT2D eigenvalue weighted by atomic mass is 9.53. The van der Waals surface area contributed by atoms with Crippen molar-refractivity contribution in [2.45, 2.75) is 44.1 Å². The first-order chi connectivity index (χ1) is 6.72. The fourth-order valence-corrected chi connectivity index (χ4v) is 4.46. The van der Waals surface area contributed by atoms with E-state index in [-0.39, 0.29) is 5.54 Å². The molecular weight excluding hydrogens is 178 g/mol. The average molecular weight is 195 g/mol. The molecule has 14 heavy (non-hydrogen) atoms. The Morgan fingerprint density at radius 3 is 1.86 bits per heavy atom. The van der Waals surface area contributed by atoms with E-state index in [2.05, 4.69) is 0 Å². The molecule has 0 aromatic carbocycles. The van der Waals surface area contributed by atoms with Gasteiger partial charge in [-0.3, -0.25) is 10.0 Å². The number of hydroxylamine groups is 2. The third-order valence-electron chi connectivity index (χ3n) is 4.59. The van der Waals surface area contributed by atoms with E-state index in [1.54, 1.807) is 0 Å². The van der Waals surface area contributed by atoms with Gasteiger partial charge in [0.2, 0.25) is 6.41 Å². The summed E-state index contributed by atoms with van der Waals surface area (Å²) in [5.74, 6) is 2.32. The molecule has 0 saturated heterocycles. The second kappa shape index (κ2) is 2.72. The van der Waals surface area contributed by atoms with Crippen LogP contribution in [0.25, 0.3) is 0 Å². The van der Waals surface area contributed by atoms with Crippen molar-refractivity contribution in [1.82, 2.24) is 5.06 Å². The summed E-state index contributed by atoms with van der Waals surface area (Å²) < 4.78 is 0. The molecule has 0 aromatic rings. The van der Waals surface area contributed by atoms with Crippen LogP contribution in [0.2, 0.25) is 0 Å². The van der Waals surface area contributed by atoms with Gasteiger partial charge in [0.15, 0.2) is 0 Å². The highest BCUT2D eigenvalue weighted by Gasteiger charge is 2.53. The maximum absolute atomic E-state index is 10.7. The standard InChI is InChI=1S/C11H17NO2/c13-7-12(14)11-4-8-1-9(5-11)3-10(2-8)6-11/h7-10,14H,1-6H2. The van der Waals surface area contributed by atoms with E-state index in [0.717, 1.165) is 42.1 Å². The van der Waals surface area contributed by atoms with Gasteiger partial charge in [0, 0.05) is 0 Å². The topological polar surface area (TPSA) is 40.5 Å². The van der Waals surface area contributed by atoms with E-state index in [1.807, 2.05) is 0 Å². The van der Waals surface area contributed by atoms with Crippen molar-refractivity contribution in [3.63, 3.8) is 0 Å². The molecule has 4 bridgehead atoms. The zero-order valence-corrected chi connectivity index (χ0v) is 8.35. The Morgan fingerprint density at radius 1 is 1.07 bits per heavy atom. The lowest BCUT2D eigenvalue weighted by Crippen LogP contribution is -2.58. The van der Waals surface area contributed by atoms with Crippen molar-refractivity contribution < 1.29 is 10.0 Å². The molecule has 0 radical (unpaired) electrons. The number of hydrogen-bond donors (Lipinski definition) is 1. The zero-order chi connectivity index (χ0) is 9.76. The first-order valence-electron chi connectivity index (χ1n) is 5.65. The third-order valence-corrected chi connectivity index (χ3v) is 4.59. The van der Waals surface area contributed by atoms with Gasteiger partial charge in [0.1, 0.15) is 0 Å². The maximum atomic E-state index is 10.7. The lowest BCUT2D eigenvalue weighted by Gasteiger charge is -2.57. The van der Waals surface area contributed by atoms with Gasteiger partial charge in [0.25, 0.3) is 0 Å². The lowest BCUT2D eigenvalue weighted by molar-refractivity contribution is -0.214. The minimum atomic E-state index is -0.170. The van der Waals surface area contributed by atoms with Crippen LogP contribution in [-0.4, -0.2) is 22.2 Å². The normalized spacial score (nSPS) is 49.4. The summed E-state index contributed by atoms with van der Waals surface area (Å²) in [7, 11) is 0. The van der Waals surface area contributed by atoms with Crippen molar-refractivity contribution in [3.8, 4) is 0 Å². The van der Waals surface area contributed by atoms with Crippen LogP contribution in [0.3, 0.4) is 0 Å². The second-order valence-electron chi connectivity index (χ2n) is 5.59. The number of nitrogens with zero attached hydrogens (tertiary/aromatic N) is 1. The molecular formula is C11H17NO2. The summed E-state index contributed by atoms with van der Waals surface area (Å²) in [6.07, 6.45) is 7.73. The van der Waals surface area contributed by atoms with E-state index in [1.165, 1.54) is 19.3 Å². The first-order valence-corrected chi connectivity index (χ1v) is 5.65. The second-order valence-corrected chi connectivity index (χ2v) is 5.59. The molecule has 78 valence electrons. The Kier molecular flexibility index (Phi) is 1.69. The SMILES string of the molecule is O=CN(O)C12CC3CC(CC(C3)C1)C2. The Morgan fingerprint density at radius 2 is 1.50 bits per heavy atom. The monoisotopic (exact) mass is 195 g/mol. The van der Waals surface area contributed by atoms with Gasteiger partial charge in [-0.1, -0.05) is 0 Å². The zero-order valence-electron chi connectivity index (χ0n) is 8.35. The molecule has 0 atom stereocenters. The molecule has 0 aliphatic heterocycles. The number of carbonyl (C=O) groups is 1. The molecule has 1 amide bonds. The van der Waals surface area contributed by atoms with E-state index in [4.69, 9.17) is 0 Å². The van der Waals surface area contributed by atoms with Crippen molar-refractivity contribution in [2.24, 2.45) is 17.8 Å². The molecule has 0 heterocycles.